The van der Waals surface area contributed by atoms with Crippen molar-refractivity contribution in [2.75, 3.05) is 7.05 Å². The van der Waals surface area contributed by atoms with Crippen LogP contribution in [0.4, 0.5) is 0 Å². The van der Waals surface area contributed by atoms with Crippen molar-refractivity contribution in [2.45, 2.75) is 26.3 Å². The lowest BCUT2D eigenvalue weighted by Gasteiger charge is -2.25. The van der Waals surface area contributed by atoms with E-state index in [-0.39, 0.29) is 10.5 Å². The van der Waals surface area contributed by atoms with Gasteiger partial charge < -0.3 is 10.4 Å². The molecule has 10 heavy (non-hydrogen) atoms. The van der Waals surface area contributed by atoms with E-state index in [1.165, 1.54) is 5.01 Å². The van der Waals surface area contributed by atoms with Crippen molar-refractivity contribution >= 4 is 0 Å². The topological polar surface area (TPSA) is 61.9 Å². The highest BCUT2D eigenvalue weighted by Gasteiger charge is 2.23. The largest absolute Gasteiger partial charge is 0.569 e. The molecule has 0 aromatic carbocycles. The second-order valence-electron chi connectivity index (χ2n) is 3.04. The van der Waals surface area contributed by atoms with Gasteiger partial charge in [0, 0.05) is 0 Å². The molecule has 0 aromatic heterocycles. The maximum absolute atomic E-state index is 10.6. The molecule has 0 aliphatic carbocycles. The van der Waals surface area contributed by atoms with E-state index < -0.39 is 0 Å². The monoisotopic (exact) mass is 147 g/mol. The second kappa shape index (κ2) is 2.72. The van der Waals surface area contributed by atoms with E-state index in [4.69, 9.17) is 5.21 Å². The van der Waals surface area contributed by atoms with Crippen LogP contribution in [0.5, 0.6) is 0 Å². The van der Waals surface area contributed by atoms with Crippen molar-refractivity contribution < 1.29 is 10.2 Å². The van der Waals surface area contributed by atoms with Gasteiger partial charge in [-0.25, -0.2) is 0 Å². The van der Waals surface area contributed by atoms with Gasteiger partial charge in [0.2, 0.25) is 5.28 Å². The van der Waals surface area contributed by atoms with Crippen LogP contribution in [-0.2, 0) is 0 Å². The van der Waals surface area contributed by atoms with E-state index in [2.05, 4.69) is 5.28 Å². The fourth-order valence-corrected chi connectivity index (χ4v) is 0.317. The summed E-state index contributed by atoms with van der Waals surface area (Å²) in [6.07, 6.45) is 0. The van der Waals surface area contributed by atoms with E-state index in [1.54, 1.807) is 7.05 Å². The lowest BCUT2D eigenvalue weighted by molar-refractivity contribution is -0.718. The first-order valence-corrected chi connectivity index (χ1v) is 2.95. The molecule has 0 saturated carbocycles. The van der Waals surface area contributed by atoms with Gasteiger partial charge in [-0.1, -0.05) is 0 Å². The van der Waals surface area contributed by atoms with Gasteiger partial charge in [0.25, 0.3) is 0 Å². The Hall–Kier alpha value is -1.00. The normalized spacial score (nSPS) is 13.4. The second-order valence-corrected chi connectivity index (χ2v) is 3.04. The number of hydrogen-bond donors (Lipinski definition) is 1. The summed E-state index contributed by atoms with van der Waals surface area (Å²) >= 11 is 0. The zero-order chi connectivity index (χ0) is 8.36. The summed E-state index contributed by atoms with van der Waals surface area (Å²) in [5.41, 5.74) is -0.325. The van der Waals surface area contributed by atoms with Crippen molar-refractivity contribution in [3.05, 3.63) is 5.21 Å². The molecular formula is C5H13N3O2. The SMILES string of the molecule is CN(/[N+]([O-])=N/O)C(C)(C)C. The molecule has 0 radical (unpaired) electrons. The zero-order valence-electron chi connectivity index (χ0n) is 6.70. The van der Waals surface area contributed by atoms with Gasteiger partial charge in [0.15, 0.2) is 0 Å². The van der Waals surface area contributed by atoms with Crippen LogP contribution in [0.15, 0.2) is 5.28 Å². The van der Waals surface area contributed by atoms with Crippen molar-refractivity contribution in [1.82, 2.24) is 5.01 Å². The van der Waals surface area contributed by atoms with Crippen LogP contribution in [0.2, 0.25) is 0 Å². The van der Waals surface area contributed by atoms with Crippen molar-refractivity contribution in [3.63, 3.8) is 0 Å². The standard InChI is InChI=1S/C5H13N3O2/c1-5(2,3)7(4)8(10)6-9/h9H,1-4H3/b8-6-. The van der Waals surface area contributed by atoms with Gasteiger partial charge in [0.1, 0.15) is 0 Å². The third-order valence-electron chi connectivity index (χ3n) is 1.30. The number of nitrogens with zero attached hydrogens (tertiary/aromatic N) is 3. The van der Waals surface area contributed by atoms with E-state index >= 15 is 0 Å². The fraction of sp³-hybridized carbons (Fsp3) is 1.00. The minimum atomic E-state index is -0.325. The predicted molar refractivity (Wildman–Crippen MR) is 35.4 cm³/mol. The number of hydrogen-bond acceptors (Lipinski definition) is 2. The molecule has 0 atom stereocenters. The molecule has 0 fully saturated rings. The molecule has 60 valence electrons. The van der Waals surface area contributed by atoms with Crippen molar-refractivity contribution in [3.8, 4) is 0 Å². The highest BCUT2D eigenvalue weighted by atomic mass is 16.6. The Morgan fingerprint density at radius 1 is 1.50 bits per heavy atom. The summed E-state index contributed by atoms with van der Waals surface area (Å²) in [4.78, 5) is 0.139. The van der Waals surface area contributed by atoms with Crippen LogP contribution in [0.1, 0.15) is 20.8 Å². The van der Waals surface area contributed by atoms with Gasteiger partial charge in [-0.05, 0) is 20.8 Å². The van der Waals surface area contributed by atoms with Crippen LogP contribution in [-0.4, -0.2) is 27.8 Å². The van der Waals surface area contributed by atoms with Crippen LogP contribution in [0.3, 0.4) is 0 Å². The Morgan fingerprint density at radius 3 is 2.00 bits per heavy atom. The molecular weight excluding hydrogens is 134 g/mol. The zero-order valence-corrected chi connectivity index (χ0v) is 6.70. The summed E-state index contributed by atoms with van der Waals surface area (Å²) in [5, 5.41) is 22.4. The maximum atomic E-state index is 10.6. The Kier molecular flexibility index (Phi) is 2.45. The molecule has 0 aromatic rings. The molecule has 0 unspecified atom stereocenters. The molecule has 0 bridgehead atoms. The van der Waals surface area contributed by atoms with Gasteiger partial charge in [0.05, 0.1) is 17.6 Å². The van der Waals surface area contributed by atoms with Crippen LogP contribution >= 0.6 is 0 Å². The smallest absolute Gasteiger partial charge is 0.230 e. The van der Waals surface area contributed by atoms with Gasteiger partial charge in [-0.3, -0.25) is 0 Å². The molecule has 0 rings (SSSR count). The van der Waals surface area contributed by atoms with E-state index in [0.29, 0.717) is 0 Å². The van der Waals surface area contributed by atoms with Crippen LogP contribution < -0.4 is 0 Å². The lowest BCUT2D eigenvalue weighted by Crippen LogP contribution is -2.42. The first kappa shape index (κ1) is 9.00. The molecule has 1 N–H and O–H groups in total. The fourth-order valence-electron chi connectivity index (χ4n) is 0.317. The summed E-state index contributed by atoms with van der Waals surface area (Å²) < 4.78 is 0. The Labute approximate surface area is 60.1 Å². The average Bonchev–Trinajstić information content (AvgIpc) is 1.83. The molecule has 0 aliphatic heterocycles. The molecule has 0 heterocycles. The van der Waals surface area contributed by atoms with Gasteiger partial charge >= 0.3 is 0 Å². The van der Waals surface area contributed by atoms with Gasteiger partial charge in [-0.15, -0.1) is 5.01 Å². The van der Waals surface area contributed by atoms with E-state index in [0.717, 1.165) is 0 Å². The summed E-state index contributed by atoms with van der Waals surface area (Å²) in [7, 11) is 1.55. The quantitative estimate of drug-likeness (QED) is 0.341. The molecule has 5 nitrogen and oxygen atoms in total. The summed E-state index contributed by atoms with van der Waals surface area (Å²) in [6.45, 7) is 5.51. The van der Waals surface area contributed by atoms with E-state index in [1.807, 2.05) is 20.8 Å². The minimum absolute atomic E-state index is 0.139. The first-order valence-electron chi connectivity index (χ1n) is 2.95. The van der Waals surface area contributed by atoms with Crippen molar-refractivity contribution in [1.29, 1.82) is 0 Å². The van der Waals surface area contributed by atoms with Gasteiger partial charge in [-0.2, -0.15) is 0 Å². The minimum Gasteiger partial charge on any atom is -0.569 e. The molecule has 5 heteroatoms. The number of rotatable bonds is 1. The highest BCUT2D eigenvalue weighted by molar-refractivity contribution is 4.64. The predicted octanol–water partition coefficient (Wildman–Crippen LogP) is 0.983. The Bertz CT molecular complexity index is 138. The average molecular weight is 147 g/mol. The summed E-state index contributed by atoms with van der Waals surface area (Å²) in [5.74, 6) is 0. The van der Waals surface area contributed by atoms with Crippen LogP contribution in [0.25, 0.3) is 0 Å². The highest BCUT2D eigenvalue weighted by Crippen LogP contribution is 2.09. The first-order chi connectivity index (χ1) is 4.39. The molecule has 0 spiro atoms. The van der Waals surface area contributed by atoms with Crippen LogP contribution in [0, 0.1) is 5.21 Å². The number of hydrazine groups is 1. The Morgan fingerprint density at radius 2 is 1.90 bits per heavy atom. The molecule has 0 saturated heterocycles. The molecule has 0 amide bonds. The third-order valence-corrected chi connectivity index (χ3v) is 1.30. The Balaban J connectivity index is 4.23. The van der Waals surface area contributed by atoms with Crippen molar-refractivity contribution in [2.24, 2.45) is 5.28 Å². The lowest BCUT2D eigenvalue weighted by atomic mass is 10.1. The third kappa shape index (κ3) is 2.08. The van der Waals surface area contributed by atoms with E-state index in [9.17, 15) is 5.21 Å². The maximum Gasteiger partial charge on any atom is 0.230 e. The summed E-state index contributed by atoms with van der Waals surface area (Å²) in [6, 6.07) is 0. The molecule has 0 aliphatic rings.